The molecule has 4 heteroatoms. The second-order valence-electron chi connectivity index (χ2n) is 4.26. The van der Waals surface area contributed by atoms with Gasteiger partial charge >= 0.3 is 0 Å². The number of anilines is 1. The Morgan fingerprint density at radius 1 is 1.16 bits per heavy atom. The first-order valence-corrected chi connectivity index (χ1v) is 6.57. The predicted molar refractivity (Wildman–Crippen MR) is 76.8 cm³/mol. The molecule has 0 unspecified atom stereocenters. The fourth-order valence-electron chi connectivity index (χ4n) is 1.90. The average molecular weight is 257 g/mol. The smallest absolute Gasteiger partial charge is 0.227 e. The summed E-state index contributed by atoms with van der Waals surface area (Å²) in [5.74, 6) is 2.31. The quantitative estimate of drug-likeness (QED) is 0.889. The maximum atomic E-state index is 5.93. The molecular weight excluding hydrogens is 238 g/mol. The summed E-state index contributed by atoms with van der Waals surface area (Å²) in [6.45, 7) is 6.97. The van der Waals surface area contributed by atoms with E-state index in [4.69, 9.17) is 4.74 Å². The number of aryl methyl sites for hydroxylation is 1. The Kier molecular flexibility index (Phi) is 4.34. The van der Waals surface area contributed by atoms with Crippen molar-refractivity contribution in [3.63, 3.8) is 0 Å². The fourth-order valence-corrected chi connectivity index (χ4v) is 1.90. The van der Waals surface area contributed by atoms with E-state index in [9.17, 15) is 0 Å². The Morgan fingerprint density at radius 3 is 2.63 bits per heavy atom. The molecule has 1 heterocycles. The summed E-state index contributed by atoms with van der Waals surface area (Å²) in [5.41, 5.74) is 2.10. The van der Waals surface area contributed by atoms with E-state index in [1.807, 2.05) is 38.1 Å². The van der Waals surface area contributed by atoms with Gasteiger partial charge in [-0.25, -0.2) is 9.97 Å². The zero-order valence-corrected chi connectivity index (χ0v) is 11.6. The van der Waals surface area contributed by atoms with Gasteiger partial charge in [0.15, 0.2) is 0 Å². The van der Waals surface area contributed by atoms with Crippen molar-refractivity contribution in [2.45, 2.75) is 27.2 Å². The molecule has 4 nitrogen and oxygen atoms in total. The Hall–Kier alpha value is -2.10. The highest BCUT2D eigenvalue weighted by atomic mass is 16.5. The highest BCUT2D eigenvalue weighted by Gasteiger charge is 2.12. The summed E-state index contributed by atoms with van der Waals surface area (Å²) in [7, 11) is 0. The molecule has 19 heavy (non-hydrogen) atoms. The lowest BCUT2D eigenvalue weighted by Gasteiger charge is -2.13. The monoisotopic (exact) mass is 257 g/mol. The molecule has 0 bridgehead atoms. The zero-order valence-electron chi connectivity index (χ0n) is 11.6. The van der Waals surface area contributed by atoms with Gasteiger partial charge in [0.2, 0.25) is 5.88 Å². The van der Waals surface area contributed by atoms with Crippen LogP contribution in [0.4, 0.5) is 5.82 Å². The molecular formula is C15H19N3O. The summed E-state index contributed by atoms with van der Waals surface area (Å²) < 4.78 is 5.93. The molecule has 0 aliphatic carbocycles. The van der Waals surface area contributed by atoms with Crippen molar-refractivity contribution in [2.24, 2.45) is 0 Å². The fraction of sp³-hybridized carbons (Fsp3) is 0.333. The van der Waals surface area contributed by atoms with Gasteiger partial charge in [0.25, 0.3) is 0 Å². The van der Waals surface area contributed by atoms with E-state index < -0.39 is 0 Å². The van der Waals surface area contributed by atoms with E-state index in [2.05, 4.69) is 22.2 Å². The standard InChI is InChI=1S/C15H19N3O/c1-4-12-14(16-5-2)17-10-18-15(12)19-13-9-7-6-8-11(13)3/h6-10H,4-5H2,1-3H3,(H,16,17,18). The number of rotatable bonds is 5. The normalized spacial score (nSPS) is 10.3. The lowest BCUT2D eigenvalue weighted by molar-refractivity contribution is 0.452. The van der Waals surface area contributed by atoms with Crippen molar-refractivity contribution < 1.29 is 4.74 Å². The summed E-state index contributed by atoms with van der Waals surface area (Å²) in [5, 5.41) is 3.24. The van der Waals surface area contributed by atoms with Gasteiger partial charge < -0.3 is 10.1 Å². The SMILES string of the molecule is CCNc1ncnc(Oc2ccccc2C)c1CC. The molecule has 2 aromatic rings. The van der Waals surface area contributed by atoms with Crippen LogP contribution in [0.1, 0.15) is 25.0 Å². The van der Waals surface area contributed by atoms with E-state index in [0.29, 0.717) is 5.88 Å². The second kappa shape index (κ2) is 6.18. The van der Waals surface area contributed by atoms with E-state index in [1.54, 1.807) is 0 Å². The molecule has 0 atom stereocenters. The molecule has 0 saturated heterocycles. The van der Waals surface area contributed by atoms with Gasteiger partial charge in [-0.05, 0) is 31.9 Å². The Labute approximate surface area is 113 Å². The third kappa shape index (κ3) is 3.02. The van der Waals surface area contributed by atoms with Crippen molar-refractivity contribution >= 4 is 5.82 Å². The molecule has 0 fully saturated rings. The van der Waals surface area contributed by atoms with Gasteiger partial charge in [0, 0.05) is 6.54 Å². The largest absolute Gasteiger partial charge is 0.438 e. The minimum Gasteiger partial charge on any atom is -0.438 e. The van der Waals surface area contributed by atoms with Crippen LogP contribution >= 0.6 is 0 Å². The molecule has 0 radical (unpaired) electrons. The Morgan fingerprint density at radius 2 is 1.95 bits per heavy atom. The number of nitrogens with one attached hydrogen (secondary N) is 1. The maximum Gasteiger partial charge on any atom is 0.227 e. The summed E-state index contributed by atoms with van der Waals surface area (Å²) in [6, 6.07) is 7.92. The molecule has 0 amide bonds. The van der Waals surface area contributed by atoms with E-state index in [-0.39, 0.29) is 0 Å². The van der Waals surface area contributed by atoms with Gasteiger partial charge in [-0.3, -0.25) is 0 Å². The summed E-state index contributed by atoms with van der Waals surface area (Å²) in [4.78, 5) is 8.52. The molecule has 0 aliphatic rings. The van der Waals surface area contributed by atoms with Gasteiger partial charge in [-0.15, -0.1) is 0 Å². The van der Waals surface area contributed by atoms with Crippen LogP contribution in [0.15, 0.2) is 30.6 Å². The number of benzene rings is 1. The van der Waals surface area contributed by atoms with Crippen LogP contribution in [-0.4, -0.2) is 16.5 Å². The third-order valence-corrected chi connectivity index (χ3v) is 2.90. The Bertz CT molecular complexity index is 555. The first kappa shape index (κ1) is 13.3. The van der Waals surface area contributed by atoms with Crippen LogP contribution in [0, 0.1) is 6.92 Å². The molecule has 100 valence electrons. The van der Waals surface area contributed by atoms with Gasteiger partial charge in [0.1, 0.15) is 17.9 Å². The number of hydrogen-bond donors (Lipinski definition) is 1. The molecule has 1 aromatic heterocycles. The molecule has 1 N–H and O–H groups in total. The van der Waals surface area contributed by atoms with E-state index in [1.165, 1.54) is 6.33 Å². The average Bonchev–Trinajstić information content (AvgIpc) is 2.42. The first-order valence-electron chi connectivity index (χ1n) is 6.57. The molecule has 0 spiro atoms. The van der Waals surface area contributed by atoms with Crippen LogP contribution in [-0.2, 0) is 6.42 Å². The molecule has 1 aromatic carbocycles. The highest BCUT2D eigenvalue weighted by Crippen LogP contribution is 2.28. The Balaban J connectivity index is 2.35. The minimum absolute atomic E-state index is 0.628. The van der Waals surface area contributed by atoms with E-state index in [0.717, 1.165) is 35.7 Å². The number of nitrogens with zero attached hydrogens (tertiary/aromatic N) is 2. The molecule has 0 aliphatic heterocycles. The van der Waals surface area contributed by atoms with Crippen LogP contribution in [0.3, 0.4) is 0 Å². The lowest BCUT2D eigenvalue weighted by atomic mass is 10.2. The van der Waals surface area contributed by atoms with E-state index >= 15 is 0 Å². The third-order valence-electron chi connectivity index (χ3n) is 2.90. The number of aromatic nitrogens is 2. The topological polar surface area (TPSA) is 47.0 Å². The van der Waals surface area contributed by atoms with Crippen LogP contribution in [0.25, 0.3) is 0 Å². The molecule has 0 saturated carbocycles. The van der Waals surface area contributed by atoms with Crippen molar-refractivity contribution in [1.29, 1.82) is 0 Å². The van der Waals surface area contributed by atoms with Gasteiger partial charge in [0.05, 0.1) is 5.56 Å². The van der Waals surface area contributed by atoms with Gasteiger partial charge in [-0.2, -0.15) is 0 Å². The number of para-hydroxylation sites is 1. The number of ether oxygens (including phenoxy) is 1. The van der Waals surface area contributed by atoms with Crippen LogP contribution < -0.4 is 10.1 Å². The summed E-state index contributed by atoms with van der Waals surface area (Å²) >= 11 is 0. The van der Waals surface area contributed by atoms with Crippen molar-refractivity contribution in [3.8, 4) is 11.6 Å². The predicted octanol–water partition coefficient (Wildman–Crippen LogP) is 3.57. The van der Waals surface area contributed by atoms with Crippen LogP contribution in [0.2, 0.25) is 0 Å². The minimum atomic E-state index is 0.628. The lowest BCUT2D eigenvalue weighted by Crippen LogP contribution is -2.06. The zero-order chi connectivity index (χ0) is 13.7. The number of hydrogen-bond acceptors (Lipinski definition) is 4. The first-order chi connectivity index (χ1) is 9.26. The van der Waals surface area contributed by atoms with Crippen LogP contribution in [0.5, 0.6) is 11.6 Å². The summed E-state index contributed by atoms with van der Waals surface area (Å²) in [6.07, 6.45) is 2.36. The van der Waals surface area contributed by atoms with Gasteiger partial charge in [-0.1, -0.05) is 25.1 Å². The second-order valence-corrected chi connectivity index (χ2v) is 4.26. The van der Waals surface area contributed by atoms with Crippen molar-refractivity contribution in [1.82, 2.24) is 9.97 Å². The van der Waals surface area contributed by atoms with Crippen molar-refractivity contribution in [3.05, 3.63) is 41.7 Å². The molecule has 2 rings (SSSR count). The maximum absolute atomic E-state index is 5.93. The highest BCUT2D eigenvalue weighted by molar-refractivity contribution is 5.50. The van der Waals surface area contributed by atoms with Crippen molar-refractivity contribution in [2.75, 3.05) is 11.9 Å².